The van der Waals surface area contributed by atoms with E-state index in [1.807, 2.05) is 0 Å². The normalized spacial score (nSPS) is 10.9. The summed E-state index contributed by atoms with van der Waals surface area (Å²) in [6.45, 7) is 0. The van der Waals surface area contributed by atoms with Gasteiger partial charge in [-0.25, -0.2) is 8.42 Å². The van der Waals surface area contributed by atoms with Gasteiger partial charge in [-0.3, -0.25) is 9.52 Å². The minimum atomic E-state index is -3.83. The number of methoxy groups -OCH3 is 1. The van der Waals surface area contributed by atoms with Gasteiger partial charge < -0.3 is 10.1 Å². The molecule has 2 N–H and O–H groups in total. The smallest absolute Gasteiger partial charge is 0.261 e. The number of ether oxygens (including phenoxy) is 1. The van der Waals surface area contributed by atoms with E-state index < -0.39 is 15.9 Å². The third-order valence-electron chi connectivity index (χ3n) is 3.83. The van der Waals surface area contributed by atoms with Crippen LogP contribution in [0.5, 0.6) is 5.75 Å². The fraction of sp³-hybridized carbons (Fsp3) is 0.0500. The van der Waals surface area contributed by atoms with Gasteiger partial charge in [-0.2, -0.15) is 0 Å². The standard InChI is InChI=1S/C20H17BrN2O4S/c1-27-18-6-3-5-17(13-18)22-20(24)14-4-2-7-19(12-14)28(25,26)23-16-10-8-15(21)9-11-16/h2-13,23H,1H3,(H,22,24). The van der Waals surface area contributed by atoms with Crippen LogP contribution in [0.2, 0.25) is 0 Å². The lowest BCUT2D eigenvalue weighted by Gasteiger charge is -2.10. The predicted octanol–water partition coefficient (Wildman–Crippen LogP) is 4.51. The molecule has 3 aromatic rings. The van der Waals surface area contributed by atoms with Gasteiger partial charge in [0.1, 0.15) is 5.75 Å². The Bertz CT molecular complexity index is 1100. The lowest BCUT2D eigenvalue weighted by molar-refractivity contribution is 0.102. The SMILES string of the molecule is COc1cccc(NC(=O)c2cccc(S(=O)(=O)Nc3ccc(Br)cc3)c2)c1. The molecule has 0 bridgehead atoms. The topological polar surface area (TPSA) is 84.5 Å². The molecule has 3 aromatic carbocycles. The van der Waals surface area contributed by atoms with Gasteiger partial charge >= 0.3 is 0 Å². The Morgan fingerprint density at radius 2 is 1.64 bits per heavy atom. The first-order chi connectivity index (χ1) is 13.4. The van der Waals surface area contributed by atoms with E-state index in [2.05, 4.69) is 26.0 Å². The Morgan fingerprint density at radius 1 is 0.929 bits per heavy atom. The number of anilines is 2. The molecule has 1 amide bonds. The maximum Gasteiger partial charge on any atom is 0.261 e. The number of hydrogen-bond acceptors (Lipinski definition) is 4. The number of rotatable bonds is 6. The van der Waals surface area contributed by atoms with Crippen molar-refractivity contribution in [3.63, 3.8) is 0 Å². The summed E-state index contributed by atoms with van der Waals surface area (Å²) in [6, 6.07) is 19.5. The summed E-state index contributed by atoms with van der Waals surface area (Å²) in [5, 5.41) is 2.73. The summed E-state index contributed by atoms with van der Waals surface area (Å²) in [7, 11) is -2.30. The van der Waals surface area contributed by atoms with Crippen molar-refractivity contribution in [1.82, 2.24) is 0 Å². The zero-order valence-electron chi connectivity index (χ0n) is 14.8. The summed E-state index contributed by atoms with van der Waals surface area (Å²) in [6.07, 6.45) is 0. The largest absolute Gasteiger partial charge is 0.497 e. The molecular weight excluding hydrogens is 444 g/mol. The van der Waals surface area contributed by atoms with Crippen molar-refractivity contribution in [3.8, 4) is 5.75 Å². The van der Waals surface area contributed by atoms with E-state index in [0.29, 0.717) is 17.1 Å². The fourth-order valence-electron chi connectivity index (χ4n) is 2.44. The Kier molecular flexibility index (Phi) is 6.01. The summed E-state index contributed by atoms with van der Waals surface area (Å²) < 4.78 is 33.7. The van der Waals surface area contributed by atoms with Gasteiger partial charge in [-0.1, -0.05) is 28.1 Å². The molecule has 0 saturated carbocycles. The van der Waals surface area contributed by atoms with Crippen LogP contribution in [0.3, 0.4) is 0 Å². The molecule has 8 heteroatoms. The number of carbonyl (C=O) groups excluding carboxylic acids is 1. The van der Waals surface area contributed by atoms with Gasteiger partial charge in [0.2, 0.25) is 0 Å². The quantitative estimate of drug-likeness (QED) is 0.566. The molecule has 28 heavy (non-hydrogen) atoms. The van der Waals surface area contributed by atoms with Crippen LogP contribution in [-0.4, -0.2) is 21.4 Å². The van der Waals surface area contributed by atoms with Gasteiger partial charge in [-0.15, -0.1) is 0 Å². The predicted molar refractivity (Wildman–Crippen MR) is 112 cm³/mol. The second-order valence-electron chi connectivity index (χ2n) is 5.83. The Morgan fingerprint density at radius 3 is 2.36 bits per heavy atom. The van der Waals surface area contributed by atoms with Crippen molar-refractivity contribution >= 4 is 43.2 Å². The molecule has 3 rings (SSSR count). The summed E-state index contributed by atoms with van der Waals surface area (Å²) >= 11 is 3.30. The molecule has 0 heterocycles. The number of amides is 1. The van der Waals surface area contributed by atoms with E-state index >= 15 is 0 Å². The summed E-state index contributed by atoms with van der Waals surface area (Å²) in [4.78, 5) is 12.5. The van der Waals surface area contributed by atoms with E-state index in [0.717, 1.165) is 4.47 Å². The number of sulfonamides is 1. The average molecular weight is 461 g/mol. The first-order valence-electron chi connectivity index (χ1n) is 8.21. The first-order valence-corrected chi connectivity index (χ1v) is 10.5. The van der Waals surface area contributed by atoms with Gasteiger partial charge in [0.05, 0.1) is 12.0 Å². The van der Waals surface area contributed by atoms with Crippen LogP contribution in [-0.2, 0) is 10.0 Å². The molecular formula is C20H17BrN2O4S. The van der Waals surface area contributed by atoms with Crippen molar-refractivity contribution in [1.29, 1.82) is 0 Å². The first kappa shape index (κ1) is 19.9. The van der Waals surface area contributed by atoms with Crippen LogP contribution in [0.25, 0.3) is 0 Å². The molecule has 0 radical (unpaired) electrons. The van der Waals surface area contributed by atoms with Crippen LogP contribution < -0.4 is 14.8 Å². The highest BCUT2D eigenvalue weighted by molar-refractivity contribution is 9.10. The maximum atomic E-state index is 12.6. The summed E-state index contributed by atoms with van der Waals surface area (Å²) in [5.74, 6) is 0.182. The molecule has 0 atom stereocenters. The van der Waals surface area contributed by atoms with Crippen molar-refractivity contribution in [2.45, 2.75) is 4.90 Å². The monoisotopic (exact) mass is 460 g/mol. The Hall–Kier alpha value is -2.84. The van der Waals surface area contributed by atoms with E-state index in [9.17, 15) is 13.2 Å². The van der Waals surface area contributed by atoms with Crippen molar-refractivity contribution in [2.24, 2.45) is 0 Å². The molecule has 0 aliphatic heterocycles. The number of hydrogen-bond donors (Lipinski definition) is 2. The van der Waals surface area contributed by atoms with E-state index in [1.54, 1.807) is 54.6 Å². The maximum absolute atomic E-state index is 12.6. The molecule has 0 spiro atoms. The van der Waals surface area contributed by atoms with Crippen LogP contribution >= 0.6 is 15.9 Å². The minimum absolute atomic E-state index is 0.00582. The molecule has 6 nitrogen and oxygen atoms in total. The number of carbonyl (C=O) groups is 1. The van der Waals surface area contributed by atoms with Gasteiger partial charge in [0.25, 0.3) is 15.9 Å². The summed E-state index contributed by atoms with van der Waals surface area (Å²) in [5.41, 5.74) is 1.20. The third-order valence-corrected chi connectivity index (χ3v) is 5.74. The second-order valence-corrected chi connectivity index (χ2v) is 8.42. The lowest BCUT2D eigenvalue weighted by Crippen LogP contribution is -2.16. The molecule has 0 aromatic heterocycles. The molecule has 144 valence electrons. The zero-order valence-corrected chi connectivity index (χ0v) is 17.2. The molecule has 0 saturated heterocycles. The Labute approximate surface area is 171 Å². The fourth-order valence-corrected chi connectivity index (χ4v) is 3.81. The minimum Gasteiger partial charge on any atom is -0.497 e. The Balaban J connectivity index is 1.80. The second kappa shape index (κ2) is 8.45. The third kappa shape index (κ3) is 4.90. The highest BCUT2D eigenvalue weighted by atomic mass is 79.9. The number of benzene rings is 3. The van der Waals surface area contributed by atoms with Crippen LogP contribution in [0.4, 0.5) is 11.4 Å². The number of halogens is 1. The highest BCUT2D eigenvalue weighted by Gasteiger charge is 2.17. The van der Waals surface area contributed by atoms with Crippen LogP contribution in [0.1, 0.15) is 10.4 Å². The molecule has 0 aliphatic carbocycles. The van der Waals surface area contributed by atoms with Gasteiger partial charge in [-0.05, 0) is 54.6 Å². The van der Waals surface area contributed by atoms with Gasteiger partial charge in [0.15, 0.2) is 0 Å². The van der Waals surface area contributed by atoms with Crippen molar-refractivity contribution in [2.75, 3.05) is 17.1 Å². The zero-order chi connectivity index (χ0) is 20.1. The molecule has 0 aliphatic rings. The van der Waals surface area contributed by atoms with Crippen molar-refractivity contribution < 1.29 is 17.9 Å². The lowest BCUT2D eigenvalue weighted by atomic mass is 10.2. The van der Waals surface area contributed by atoms with Crippen LogP contribution in [0, 0.1) is 0 Å². The van der Waals surface area contributed by atoms with E-state index in [-0.39, 0.29) is 10.5 Å². The molecule has 0 unspecified atom stereocenters. The average Bonchev–Trinajstić information content (AvgIpc) is 2.70. The van der Waals surface area contributed by atoms with Gasteiger partial charge in [0, 0.05) is 27.5 Å². The van der Waals surface area contributed by atoms with E-state index in [4.69, 9.17) is 4.74 Å². The van der Waals surface area contributed by atoms with E-state index in [1.165, 1.54) is 25.3 Å². The van der Waals surface area contributed by atoms with Crippen molar-refractivity contribution in [3.05, 3.63) is 82.8 Å². The van der Waals surface area contributed by atoms with Crippen LogP contribution in [0.15, 0.2) is 82.2 Å². The molecule has 0 fully saturated rings. The number of nitrogens with one attached hydrogen (secondary N) is 2. The highest BCUT2D eigenvalue weighted by Crippen LogP contribution is 2.21.